The second-order valence-corrected chi connectivity index (χ2v) is 3.41. The molecule has 0 amide bonds. The Hall–Kier alpha value is -1.18. The van der Waals surface area contributed by atoms with Crippen LogP contribution in [-0.2, 0) is 11.2 Å². The molecule has 1 aromatic heterocycles. The maximum absolute atomic E-state index is 11.0. The Kier molecular flexibility index (Phi) is 3.62. The zero-order valence-electron chi connectivity index (χ0n) is 8.16. The first-order valence-electron chi connectivity index (χ1n) is 4.59. The Labute approximate surface area is 79.0 Å². The molecule has 0 spiro atoms. The fraction of sp³-hybridized carbons (Fsp3) is 0.455. The summed E-state index contributed by atoms with van der Waals surface area (Å²) in [7, 11) is 0. The molecule has 0 N–H and O–H groups in total. The molecule has 13 heavy (non-hydrogen) atoms. The van der Waals surface area contributed by atoms with Crippen molar-refractivity contribution in [3.8, 4) is 0 Å². The van der Waals surface area contributed by atoms with Crippen molar-refractivity contribution in [2.75, 3.05) is 0 Å². The molecule has 1 unspecified atom stereocenters. The summed E-state index contributed by atoms with van der Waals surface area (Å²) in [6, 6.07) is 3.99. The van der Waals surface area contributed by atoms with Crippen molar-refractivity contribution >= 4 is 5.78 Å². The maximum atomic E-state index is 11.0. The first-order valence-corrected chi connectivity index (χ1v) is 4.59. The SMILES string of the molecule is CC(=O)C(C)CCc1ccncc1. The van der Waals surface area contributed by atoms with E-state index in [1.807, 2.05) is 19.1 Å². The van der Waals surface area contributed by atoms with Crippen LogP contribution in [0.5, 0.6) is 0 Å². The van der Waals surface area contributed by atoms with Gasteiger partial charge in [0.2, 0.25) is 0 Å². The fourth-order valence-corrected chi connectivity index (χ4v) is 1.14. The molecule has 2 nitrogen and oxygen atoms in total. The first-order chi connectivity index (χ1) is 6.20. The van der Waals surface area contributed by atoms with Gasteiger partial charge in [0.15, 0.2) is 0 Å². The summed E-state index contributed by atoms with van der Waals surface area (Å²) in [5, 5.41) is 0. The molecule has 0 saturated heterocycles. The number of pyridine rings is 1. The van der Waals surface area contributed by atoms with E-state index >= 15 is 0 Å². The number of aryl methyl sites for hydroxylation is 1. The fourth-order valence-electron chi connectivity index (χ4n) is 1.14. The van der Waals surface area contributed by atoms with Crippen LogP contribution in [0.4, 0.5) is 0 Å². The van der Waals surface area contributed by atoms with E-state index in [9.17, 15) is 4.79 Å². The van der Waals surface area contributed by atoms with Crippen LogP contribution in [0.2, 0.25) is 0 Å². The van der Waals surface area contributed by atoms with Crippen LogP contribution in [0.25, 0.3) is 0 Å². The van der Waals surface area contributed by atoms with Crippen molar-refractivity contribution in [3.63, 3.8) is 0 Å². The lowest BCUT2D eigenvalue weighted by atomic mass is 9.99. The Balaban J connectivity index is 2.39. The number of rotatable bonds is 4. The number of hydrogen-bond acceptors (Lipinski definition) is 2. The van der Waals surface area contributed by atoms with E-state index in [1.54, 1.807) is 19.3 Å². The van der Waals surface area contributed by atoms with Crippen LogP contribution in [-0.4, -0.2) is 10.8 Å². The summed E-state index contributed by atoms with van der Waals surface area (Å²) < 4.78 is 0. The van der Waals surface area contributed by atoms with Gasteiger partial charge in [-0.2, -0.15) is 0 Å². The van der Waals surface area contributed by atoms with Crippen molar-refractivity contribution < 1.29 is 4.79 Å². The van der Waals surface area contributed by atoms with Crippen molar-refractivity contribution in [3.05, 3.63) is 30.1 Å². The van der Waals surface area contributed by atoms with Crippen LogP contribution in [0.1, 0.15) is 25.8 Å². The molecule has 70 valence electrons. The Morgan fingerprint density at radius 1 is 1.46 bits per heavy atom. The Bertz CT molecular complexity index is 269. The summed E-state index contributed by atoms with van der Waals surface area (Å²) in [6.07, 6.45) is 5.46. The molecule has 0 radical (unpaired) electrons. The molecule has 1 rings (SSSR count). The van der Waals surface area contributed by atoms with Crippen LogP contribution in [0.15, 0.2) is 24.5 Å². The van der Waals surface area contributed by atoms with E-state index in [4.69, 9.17) is 0 Å². The van der Waals surface area contributed by atoms with Crippen LogP contribution < -0.4 is 0 Å². The van der Waals surface area contributed by atoms with Crippen molar-refractivity contribution in [2.45, 2.75) is 26.7 Å². The van der Waals surface area contributed by atoms with E-state index in [1.165, 1.54) is 5.56 Å². The Morgan fingerprint density at radius 2 is 2.08 bits per heavy atom. The number of hydrogen-bond donors (Lipinski definition) is 0. The van der Waals surface area contributed by atoms with Gasteiger partial charge >= 0.3 is 0 Å². The number of Topliss-reactive ketones (excluding diaryl/α,β-unsaturated/α-hetero) is 1. The third-order valence-electron chi connectivity index (χ3n) is 2.31. The lowest BCUT2D eigenvalue weighted by Gasteiger charge is -2.06. The van der Waals surface area contributed by atoms with E-state index in [0.29, 0.717) is 0 Å². The number of carbonyl (C=O) groups excluding carboxylic acids is 1. The van der Waals surface area contributed by atoms with Crippen molar-refractivity contribution in [1.29, 1.82) is 0 Å². The van der Waals surface area contributed by atoms with Gasteiger partial charge < -0.3 is 0 Å². The summed E-state index contributed by atoms with van der Waals surface area (Å²) in [5.74, 6) is 0.447. The lowest BCUT2D eigenvalue weighted by molar-refractivity contribution is -0.120. The quantitative estimate of drug-likeness (QED) is 0.706. The molecular formula is C11H15NO. The second kappa shape index (κ2) is 4.75. The zero-order valence-corrected chi connectivity index (χ0v) is 8.16. The van der Waals surface area contributed by atoms with E-state index < -0.39 is 0 Å². The summed E-state index contributed by atoms with van der Waals surface area (Å²) >= 11 is 0. The topological polar surface area (TPSA) is 30.0 Å². The van der Waals surface area contributed by atoms with Gasteiger partial charge in [0.25, 0.3) is 0 Å². The van der Waals surface area contributed by atoms with E-state index in [0.717, 1.165) is 12.8 Å². The summed E-state index contributed by atoms with van der Waals surface area (Å²) in [4.78, 5) is 14.9. The third kappa shape index (κ3) is 3.36. The molecular weight excluding hydrogens is 162 g/mol. The van der Waals surface area contributed by atoms with Gasteiger partial charge in [-0.25, -0.2) is 0 Å². The van der Waals surface area contributed by atoms with Crippen LogP contribution in [0.3, 0.4) is 0 Å². The predicted molar refractivity (Wildman–Crippen MR) is 52.4 cm³/mol. The molecule has 0 fully saturated rings. The number of carbonyl (C=O) groups is 1. The van der Waals surface area contributed by atoms with Gasteiger partial charge in [-0.15, -0.1) is 0 Å². The molecule has 0 aliphatic carbocycles. The number of ketones is 1. The minimum Gasteiger partial charge on any atom is -0.300 e. The molecule has 0 aromatic carbocycles. The minimum atomic E-state index is 0.174. The highest BCUT2D eigenvalue weighted by atomic mass is 16.1. The summed E-state index contributed by atoms with van der Waals surface area (Å²) in [5.41, 5.74) is 1.25. The average molecular weight is 177 g/mol. The lowest BCUT2D eigenvalue weighted by Crippen LogP contribution is -2.07. The minimum absolute atomic E-state index is 0.174. The molecule has 0 aliphatic heterocycles. The molecule has 0 bridgehead atoms. The van der Waals surface area contributed by atoms with Crippen LogP contribution in [0, 0.1) is 5.92 Å². The van der Waals surface area contributed by atoms with Crippen molar-refractivity contribution in [2.24, 2.45) is 5.92 Å². The zero-order chi connectivity index (χ0) is 9.68. The van der Waals surface area contributed by atoms with Gasteiger partial charge in [-0.1, -0.05) is 6.92 Å². The van der Waals surface area contributed by atoms with Crippen molar-refractivity contribution in [1.82, 2.24) is 4.98 Å². The average Bonchev–Trinajstić information content (AvgIpc) is 2.15. The smallest absolute Gasteiger partial charge is 0.132 e. The molecule has 0 aliphatic rings. The molecule has 1 aromatic rings. The summed E-state index contributed by atoms with van der Waals surface area (Å²) in [6.45, 7) is 3.63. The molecule has 1 atom stereocenters. The monoisotopic (exact) mass is 177 g/mol. The highest BCUT2D eigenvalue weighted by Crippen LogP contribution is 2.09. The highest BCUT2D eigenvalue weighted by molar-refractivity contribution is 5.77. The second-order valence-electron chi connectivity index (χ2n) is 3.41. The van der Waals surface area contributed by atoms with Crippen LogP contribution >= 0.6 is 0 Å². The highest BCUT2D eigenvalue weighted by Gasteiger charge is 2.06. The molecule has 0 saturated carbocycles. The Morgan fingerprint density at radius 3 is 2.62 bits per heavy atom. The normalized spacial score (nSPS) is 12.5. The van der Waals surface area contributed by atoms with Gasteiger partial charge in [0, 0.05) is 18.3 Å². The van der Waals surface area contributed by atoms with E-state index in [-0.39, 0.29) is 11.7 Å². The van der Waals surface area contributed by atoms with Gasteiger partial charge in [-0.3, -0.25) is 9.78 Å². The van der Waals surface area contributed by atoms with E-state index in [2.05, 4.69) is 4.98 Å². The third-order valence-corrected chi connectivity index (χ3v) is 2.31. The van der Waals surface area contributed by atoms with Gasteiger partial charge in [0.1, 0.15) is 5.78 Å². The predicted octanol–water partition coefficient (Wildman–Crippen LogP) is 2.24. The van der Waals surface area contributed by atoms with Gasteiger partial charge in [-0.05, 0) is 37.5 Å². The first kappa shape index (κ1) is 9.90. The standard InChI is InChI=1S/C11H15NO/c1-9(10(2)13)3-4-11-5-7-12-8-6-11/h5-9H,3-4H2,1-2H3. The molecule has 1 heterocycles. The largest absolute Gasteiger partial charge is 0.300 e. The van der Waals surface area contributed by atoms with Gasteiger partial charge in [0.05, 0.1) is 0 Å². The molecule has 2 heteroatoms. The number of aromatic nitrogens is 1. The maximum Gasteiger partial charge on any atom is 0.132 e. The number of nitrogens with zero attached hydrogens (tertiary/aromatic N) is 1.